The van der Waals surface area contributed by atoms with Crippen molar-refractivity contribution < 1.29 is 13.2 Å². The average Bonchev–Trinajstić information content (AvgIpc) is 2.98. The summed E-state index contributed by atoms with van der Waals surface area (Å²) in [5.41, 5.74) is 2.15. The molecule has 1 heterocycles. The molecule has 5 nitrogen and oxygen atoms in total. The molecule has 0 spiro atoms. The Labute approximate surface area is 134 Å². The fourth-order valence-corrected chi connectivity index (χ4v) is 3.94. The molecular formula is C15H18N2O3S2. The van der Waals surface area contributed by atoms with Crippen molar-refractivity contribution in [1.82, 2.24) is 10.0 Å². The number of hydrogen-bond donors (Lipinski definition) is 2. The second kappa shape index (κ2) is 6.60. The quantitative estimate of drug-likeness (QED) is 0.879. The van der Waals surface area contributed by atoms with Crippen LogP contribution in [0.2, 0.25) is 0 Å². The van der Waals surface area contributed by atoms with Crippen LogP contribution in [0.1, 0.15) is 33.8 Å². The SMILES string of the molecule is CNS(=O)(=O)c1ccc(C(=O)N[C@@H](C)c2ccc(C)cc2)s1. The number of aryl methyl sites for hydroxylation is 1. The van der Waals surface area contributed by atoms with Gasteiger partial charge in [-0.2, -0.15) is 0 Å². The van der Waals surface area contributed by atoms with E-state index in [1.807, 2.05) is 38.1 Å². The monoisotopic (exact) mass is 338 g/mol. The molecule has 118 valence electrons. The third-order valence-electron chi connectivity index (χ3n) is 3.26. The maximum Gasteiger partial charge on any atom is 0.261 e. The molecule has 22 heavy (non-hydrogen) atoms. The van der Waals surface area contributed by atoms with Gasteiger partial charge in [-0.15, -0.1) is 11.3 Å². The van der Waals surface area contributed by atoms with Gasteiger partial charge in [0.15, 0.2) is 0 Å². The summed E-state index contributed by atoms with van der Waals surface area (Å²) in [4.78, 5) is 12.6. The second-order valence-corrected chi connectivity index (χ2v) is 8.13. The van der Waals surface area contributed by atoms with E-state index in [-0.39, 0.29) is 16.2 Å². The van der Waals surface area contributed by atoms with Crippen molar-refractivity contribution in [2.45, 2.75) is 24.1 Å². The van der Waals surface area contributed by atoms with E-state index in [4.69, 9.17) is 0 Å². The Balaban J connectivity index is 2.11. The number of carbonyl (C=O) groups is 1. The molecule has 0 aliphatic heterocycles. The minimum atomic E-state index is -3.51. The smallest absolute Gasteiger partial charge is 0.261 e. The molecule has 7 heteroatoms. The van der Waals surface area contributed by atoms with Crippen molar-refractivity contribution in [3.05, 3.63) is 52.4 Å². The van der Waals surface area contributed by atoms with Crippen LogP contribution in [0, 0.1) is 6.92 Å². The van der Waals surface area contributed by atoms with Gasteiger partial charge in [-0.3, -0.25) is 4.79 Å². The number of benzene rings is 1. The van der Waals surface area contributed by atoms with Crippen LogP contribution < -0.4 is 10.0 Å². The van der Waals surface area contributed by atoms with Crippen LogP contribution in [0.3, 0.4) is 0 Å². The Kier molecular flexibility index (Phi) is 5.00. The highest BCUT2D eigenvalue weighted by atomic mass is 32.2. The molecule has 0 saturated carbocycles. The van der Waals surface area contributed by atoms with E-state index >= 15 is 0 Å². The van der Waals surface area contributed by atoms with Gasteiger partial charge in [-0.05, 0) is 38.6 Å². The number of amides is 1. The first-order valence-electron chi connectivity index (χ1n) is 6.74. The molecule has 1 aromatic carbocycles. The van der Waals surface area contributed by atoms with Gasteiger partial charge in [0.2, 0.25) is 10.0 Å². The molecule has 2 rings (SSSR count). The Morgan fingerprint density at radius 2 is 1.77 bits per heavy atom. The van der Waals surface area contributed by atoms with Crippen LogP contribution in [0.25, 0.3) is 0 Å². The largest absolute Gasteiger partial charge is 0.345 e. The van der Waals surface area contributed by atoms with Crippen molar-refractivity contribution in [2.24, 2.45) is 0 Å². The molecular weight excluding hydrogens is 320 g/mol. The van der Waals surface area contributed by atoms with E-state index in [0.29, 0.717) is 4.88 Å². The van der Waals surface area contributed by atoms with Crippen LogP contribution in [0.4, 0.5) is 0 Å². The number of rotatable bonds is 5. The average molecular weight is 338 g/mol. The van der Waals surface area contributed by atoms with Crippen LogP contribution >= 0.6 is 11.3 Å². The maximum absolute atomic E-state index is 12.2. The Morgan fingerprint density at radius 3 is 2.36 bits per heavy atom. The molecule has 1 aromatic heterocycles. The first kappa shape index (κ1) is 16.7. The molecule has 0 bridgehead atoms. The van der Waals surface area contributed by atoms with Gasteiger partial charge in [0.05, 0.1) is 10.9 Å². The lowest BCUT2D eigenvalue weighted by Gasteiger charge is -2.13. The number of sulfonamides is 1. The topological polar surface area (TPSA) is 75.3 Å². The van der Waals surface area contributed by atoms with Crippen LogP contribution in [0.15, 0.2) is 40.6 Å². The van der Waals surface area contributed by atoms with Gasteiger partial charge in [0, 0.05) is 0 Å². The van der Waals surface area contributed by atoms with E-state index in [1.165, 1.54) is 19.2 Å². The van der Waals surface area contributed by atoms with Crippen molar-refractivity contribution in [1.29, 1.82) is 0 Å². The van der Waals surface area contributed by atoms with Crippen molar-refractivity contribution in [2.75, 3.05) is 7.05 Å². The van der Waals surface area contributed by atoms with Crippen molar-refractivity contribution in [3.63, 3.8) is 0 Å². The Hall–Kier alpha value is -1.70. The summed E-state index contributed by atoms with van der Waals surface area (Å²) in [6.45, 7) is 3.89. The van der Waals surface area contributed by atoms with Crippen LogP contribution in [-0.4, -0.2) is 21.4 Å². The molecule has 1 atom stereocenters. The van der Waals surface area contributed by atoms with Gasteiger partial charge in [0.25, 0.3) is 5.91 Å². The van der Waals surface area contributed by atoms with Gasteiger partial charge in [-0.25, -0.2) is 13.1 Å². The molecule has 0 unspecified atom stereocenters. The predicted molar refractivity (Wildman–Crippen MR) is 87.6 cm³/mol. The normalized spacial score (nSPS) is 12.9. The first-order valence-corrected chi connectivity index (χ1v) is 9.04. The van der Waals surface area contributed by atoms with Crippen LogP contribution in [0.5, 0.6) is 0 Å². The lowest BCUT2D eigenvalue weighted by Crippen LogP contribution is -2.25. The summed E-state index contributed by atoms with van der Waals surface area (Å²) in [7, 11) is -2.17. The van der Waals surface area contributed by atoms with Crippen LogP contribution in [-0.2, 0) is 10.0 Å². The van der Waals surface area contributed by atoms with Gasteiger partial charge >= 0.3 is 0 Å². The highest BCUT2D eigenvalue weighted by molar-refractivity contribution is 7.91. The third kappa shape index (κ3) is 3.73. The lowest BCUT2D eigenvalue weighted by molar-refractivity contribution is 0.0944. The highest BCUT2D eigenvalue weighted by Crippen LogP contribution is 2.22. The number of carbonyl (C=O) groups excluding carboxylic acids is 1. The molecule has 0 aliphatic carbocycles. The van der Waals surface area contributed by atoms with Gasteiger partial charge in [-0.1, -0.05) is 29.8 Å². The molecule has 0 aliphatic rings. The molecule has 0 radical (unpaired) electrons. The number of thiophene rings is 1. The second-order valence-electron chi connectivity index (χ2n) is 4.93. The molecule has 0 saturated heterocycles. The fourth-order valence-electron chi connectivity index (χ4n) is 1.89. The summed E-state index contributed by atoms with van der Waals surface area (Å²) >= 11 is 0.950. The zero-order valence-electron chi connectivity index (χ0n) is 12.6. The molecule has 1 amide bonds. The van der Waals surface area contributed by atoms with Gasteiger partial charge in [0.1, 0.15) is 4.21 Å². The molecule has 0 fully saturated rings. The summed E-state index contributed by atoms with van der Waals surface area (Å²) in [5.74, 6) is -0.282. The molecule has 2 N–H and O–H groups in total. The summed E-state index contributed by atoms with van der Waals surface area (Å²) in [6, 6.07) is 10.7. The summed E-state index contributed by atoms with van der Waals surface area (Å²) < 4.78 is 25.7. The Morgan fingerprint density at radius 1 is 1.14 bits per heavy atom. The van der Waals surface area contributed by atoms with E-state index < -0.39 is 10.0 Å². The van der Waals surface area contributed by atoms with Gasteiger partial charge < -0.3 is 5.32 Å². The summed E-state index contributed by atoms with van der Waals surface area (Å²) in [5, 5.41) is 2.87. The summed E-state index contributed by atoms with van der Waals surface area (Å²) in [6.07, 6.45) is 0. The lowest BCUT2D eigenvalue weighted by atomic mass is 10.1. The van der Waals surface area contributed by atoms with E-state index in [1.54, 1.807) is 0 Å². The fraction of sp³-hybridized carbons (Fsp3) is 0.267. The first-order chi connectivity index (χ1) is 10.3. The standard InChI is InChI=1S/C15H18N2O3S2/c1-10-4-6-12(7-5-10)11(2)17-15(18)13-8-9-14(21-13)22(19,20)16-3/h4-9,11,16H,1-3H3,(H,17,18)/t11-/m0/s1. The van der Waals surface area contributed by atoms with Crippen molar-refractivity contribution in [3.8, 4) is 0 Å². The van der Waals surface area contributed by atoms with E-state index in [9.17, 15) is 13.2 Å². The predicted octanol–water partition coefficient (Wildman–Crippen LogP) is 2.46. The molecule has 2 aromatic rings. The van der Waals surface area contributed by atoms with Crippen molar-refractivity contribution >= 4 is 27.3 Å². The highest BCUT2D eigenvalue weighted by Gasteiger charge is 2.18. The Bertz CT molecular complexity index is 764. The van der Waals surface area contributed by atoms with E-state index in [0.717, 1.165) is 22.5 Å². The minimum Gasteiger partial charge on any atom is -0.345 e. The van der Waals surface area contributed by atoms with E-state index in [2.05, 4.69) is 10.0 Å². The number of nitrogens with one attached hydrogen (secondary N) is 2. The minimum absolute atomic E-state index is 0.128. The maximum atomic E-state index is 12.2. The third-order valence-corrected chi connectivity index (χ3v) is 6.25. The zero-order chi connectivity index (χ0) is 16.3. The number of hydrogen-bond acceptors (Lipinski definition) is 4. The zero-order valence-corrected chi connectivity index (χ0v) is 14.2.